The van der Waals surface area contributed by atoms with Crippen LogP contribution in [-0.2, 0) is 11.3 Å². The largest absolute Gasteiger partial charge is 0.480 e. The van der Waals surface area contributed by atoms with E-state index in [1.165, 1.54) is 10.8 Å². The number of carboxylic acid groups (broad SMARTS) is 1. The van der Waals surface area contributed by atoms with Crippen molar-refractivity contribution in [1.29, 1.82) is 5.26 Å². The molecule has 0 unspecified atom stereocenters. The molecule has 0 fully saturated rings. The average molecular weight is 228 g/mol. The van der Waals surface area contributed by atoms with Crippen molar-refractivity contribution >= 4 is 23.2 Å². The van der Waals surface area contributed by atoms with Crippen molar-refractivity contribution in [3.8, 4) is 6.07 Å². The number of carbonyl (C=O) groups excluding carboxylic acids is 1. The molecule has 0 saturated carbocycles. The van der Waals surface area contributed by atoms with Crippen LogP contribution < -0.4 is 0 Å². The highest BCUT2D eigenvalue weighted by Crippen LogP contribution is 2.21. The topological polar surface area (TPSA) is 83.1 Å². The summed E-state index contributed by atoms with van der Waals surface area (Å²) < 4.78 is 1.47. The molecule has 0 radical (unpaired) electrons. The van der Waals surface area contributed by atoms with Crippen molar-refractivity contribution < 1.29 is 14.7 Å². The molecule has 5 nitrogen and oxygen atoms in total. The highest BCUT2D eigenvalue weighted by molar-refractivity contribution is 5.98. The molecular formula is C12H8N2O3. The predicted octanol–water partition coefficient (Wildman–Crippen LogP) is 1.41. The van der Waals surface area contributed by atoms with Crippen LogP contribution in [0.2, 0.25) is 0 Å². The van der Waals surface area contributed by atoms with Crippen LogP contribution in [0.25, 0.3) is 10.9 Å². The molecule has 0 aliphatic carbocycles. The summed E-state index contributed by atoms with van der Waals surface area (Å²) >= 11 is 0. The number of aromatic nitrogens is 1. The maximum absolute atomic E-state index is 10.9. The van der Waals surface area contributed by atoms with E-state index in [9.17, 15) is 9.59 Å². The van der Waals surface area contributed by atoms with Crippen molar-refractivity contribution in [1.82, 2.24) is 4.57 Å². The van der Waals surface area contributed by atoms with Crippen molar-refractivity contribution in [3.63, 3.8) is 0 Å². The standard InChI is InChI=1S/C12H8N2O3/c13-4-8-1-2-11-10(3-8)9(7-15)5-14(11)6-12(16)17/h1-3,5,7H,6H2,(H,16,17). The number of hydrogen-bond donors (Lipinski definition) is 1. The van der Waals surface area contributed by atoms with Gasteiger partial charge >= 0.3 is 5.97 Å². The van der Waals surface area contributed by atoms with Crippen molar-refractivity contribution in [2.75, 3.05) is 0 Å². The minimum absolute atomic E-state index is 0.212. The molecule has 0 amide bonds. The molecule has 0 saturated heterocycles. The third kappa shape index (κ3) is 1.88. The molecule has 5 heteroatoms. The summed E-state index contributed by atoms with van der Waals surface area (Å²) in [5.74, 6) is -0.983. The molecule has 0 aliphatic rings. The van der Waals surface area contributed by atoms with E-state index >= 15 is 0 Å². The summed E-state index contributed by atoms with van der Waals surface area (Å²) in [6, 6.07) is 6.79. The van der Waals surface area contributed by atoms with Crippen LogP contribution in [0.5, 0.6) is 0 Å². The number of nitrogens with zero attached hydrogens (tertiary/aromatic N) is 2. The van der Waals surface area contributed by atoms with Crippen LogP contribution in [0.4, 0.5) is 0 Å². The predicted molar refractivity (Wildman–Crippen MR) is 59.7 cm³/mol. The van der Waals surface area contributed by atoms with Crippen LogP contribution in [0.1, 0.15) is 15.9 Å². The number of hydrogen-bond acceptors (Lipinski definition) is 3. The lowest BCUT2D eigenvalue weighted by molar-refractivity contribution is -0.137. The zero-order chi connectivity index (χ0) is 12.4. The van der Waals surface area contributed by atoms with Gasteiger partial charge in [-0.05, 0) is 18.2 Å². The second kappa shape index (κ2) is 4.10. The van der Waals surface area contributed by atoms with E-state index in [1.54, 1.807) is 18.2 Å². The Morgan fingerprint density at radius 1 is 1.53 bits per heavy atom. The number of benzene rings is 1. The quantitative estimate of drug-likeness (QED) is 0.805. The maximum atomic E-state index is 10.9. The van der Waals surface area contributed by atoms with Crippen LogP contribution in [0.3, 0.4) is 0 Å². The third-order valence-electron chi connectivity index (χ3n) is 2.47. The van der Waals surface area contributed by atoms with Crippen molar-refractivity contribution in [3.05, 3.63) is 35.5 Å². The van der Waals surface area contributed by atoms with Gasteiger partial charge in [-0.2, -0.15) is 5.26 Å². The number of fused-ring (bicyclic) bond motifs is 1. The molecule has 0 aliphatic heterocycles. The Bertz CT molecular complexity index is 650. The first-order chi connectivity index (χ1) is 8.15. The molecule has 1 N–H and O–H groups in total. The second-order valence-corrected chi connectivity index (χ2v) is 3.57. The Morgan fingerprint density at radius 3 is 2.88 bits per heavy atom. The van der Waals surface area contributed by atoms with Crippen LogP contribution in [0, 0.1) is 11.3 Å². The summed E-state index contributed by atoms with van der Waals surface area (Å²) in [5, 5.41) is 18.1. The normalized spacial score (nSPS) is 10.1. The fourth-order valence-corrected chi connectivity index (χ4v) is 1.76. The number of aliphatic carboxylic acids is 1. The second-order valence-electron chi connectivity index (χ2n) is 3.57. The first-order valence-corrected chi connectivity index (χ1v) is 4.85. The number of rotatable bonds is 3. The average Bonchev–Trinajstić information content (AvgIpc) is 2.66. The minimum atomic E-state index is -0.983. The van der Waals surface area contributed by atoms with Gasteiger partial charge in [-0.15, -0.1) is 0 Å². The highest BCUT2D eigenvalue weighted by Gasteiger charge is 2.10. The van der Waals surface area contributed by atoms with Gasteiger partial charge in [-0.1, -0.05) is 0 Å². The highest BCUT2D eigenvalue weighted by atomic mass is 16.4. The van der Waals surface area contributed by atoms with Gasteiger partial charge in [-0.25, -0.2) is 0 Å². The lowest BCUT2D eigenvalue weighted by Gasteiger charge is -2.00. The Labute approximate surface area is 96.5 Å². The van der Waals surface area contributed by atoms with Crippen LogP contribution in [0.15, 0.2) is 24.4 Å². The fourth-order valence-electron chi connectivity index (χ4n) is 1.76. The maximum Gasteiger partial charge on any atom is 0.323 e. The van der Waals surface area contributed by atoms with E-state index in [-0.39, 0.29) is 6.54 Å². The lowest BCUT2D eigenvalue weighted by Crippen LogP contribution is -2.07. The van der Waals surface area contributed by atoms with E-state index in [0.717, 1.165) is 0 Å². The lowest BCUT2D eigenvalue weighted by atomic mass is 10.1. The van der Waals surface area contributed by atoms with Gasteiger partial charge in [0.1, 0.15) is 6.54 Å². The molecule has 0 spiro atoms. The summed E-state index contributed by atoms with van der Waals surface area (Å²) in [6.45, 7) is -0.212. The zero-order valence-electron chi connectivity index (χ0n) is 8.75. The monoisotopic (exact) mass is 228 g/mol. The first kappa shape index (κ1) is 10.9. The first-order valence-electron chi connectivity index (χ1n) is 4.85. The van der Waals surface area contributed by atoms with Gasteiger partial charge in [0, 0.05) is 22.7 Å². The summed E-state index contributed by atoms with van der Waals surface area (Å²) in [6.07, 6.45) is 2.13. The van der Waals surface area contributed by atoms with E-state index in [4.69, 9.17) is 10.4 Å². The van der Waals surface area contributed by atoms with Gasteiger partial charge in [0.25, 0.3) is 0 Å². The molecule has 1 aromatic carbocycles. The SMILES string of the molecule is N#Cc1ccc2c(c1)c(C=O)cn2CC(=O)O. The molecule has 84 valence electrons. The van der Waals surface area contributed by atoms with Gasteiger partial charge in [-0.3, -0.25) is 9.59 Å². The third-order valence-corrected chi connectivity index (χ3v) is 2.47. The van der Waals surface area contributed by atoms with E-state index < -0.39 is 5.97 Å². The molecule has 0 bridgehead atoms. The summed E-state index contributed by atoms with van der Waals surface area (Å²) in [5.41, 5.74) is 1.46. The van der Waals surface area contributed by atoms with Crippen molar-refractivity contribution in [2.24, 2.45) is 0 Å². The van der Waals surface area contributed by atoms with E-state index in [2.05, 4.69) is 0 Å². The van der Waals surface area contributed by atoms with E-state index in [1.807, 2.05) is 6.07 Å². The molecule has 1 heterocycles. The summed E-state index contributed by atoms with van der Waals surface area (Å²) in [7, 11) is 0. The molecule has 17 heavy (non-hydrogen) atoms. The Morgan fingerprint density at radius 2 is 2.29 bits per heavy atom. The molecule has 2 rings (SSSR count). The molecule has 0 atom stereocenters. The number of carboxylic acids is 1. The summed E-state index contributed by atoms with van der Waals surface area (Å²) in [4.78, 5) is 21.5. The number of aldehydes is 1. The number of carbonyl (C=O) groups is 2. The van der Waals surface area contributed by atoms with Gasteiger partial charge in [0.2, 0.25) is 0 Å². The van der Waals surface area contributed by atoms with E-state index in [0.29, 0.717) is 28.3 Å². The minimum Gasteiger partial charge on any atom is -0.480 e. The van der Waals surface area contributed by atoms with Gasteiger partial charge in [0.15, 0.2) is 6.29 Å². The van der Waals surface area contributed by atoms with Gasteiger partial charge in [0.05, 0.1) is 11.6 Å². The Kier molecular flexibility index (Phi) is 2.63. The molecule has 2 aromatic rings. The van der Waals surface area contributed by atoms with Crippen LogP contribution >= 0.6 is 0 Å². The van der Waals surface area contributed by atoms with Gasteiger partial charge < -0.3 is 9.67 Å². The molecule has 1 aromatic heterocycles. The molecular weight excluding hydrogens is 220 g/mol. The fraction of sp³-hybridized carbons (Fsp3) is 0.0833. The van der Waals surface area contributed by atoms with Crippen molar-refractivity contribution in [2.45, 2.75) is 6.54 Å². The number of nitriles is 1. The van der Waals surface area contributed by atoms with Crippen LogP contribution in [-0.4, -0.2) is 21.9 Å². The Hall–Kier alpha value is -2.61. The smallest absolute Gasteiger partial charge is 0.323 e. The zero-order valence-corrected chi connectivity index (χ0v) is 8.75. The Balaban J connectivity index is 2.69.